The van der Waals surface area contributed by atoms with Crippen LogP contribution in [0, 0.1) is 5.41 Å². The van der Waals surface area contributed by atoms with Crippen LogP contribution in [0.25, 0.3) is 0 Å². The topological polar surface area (TPSA) is 99.3 Å². The van der Waals surface area contributed by atoms with E-state index in [0.29, 0.717) is 6.54 Å². The zero-order valence-electron chi connectivity index (χ0n) is 7.87. The van der Waals surface area contributed by atoms with Gasteiger partial charge in [0.25, 0.3) is 10.2 Å². The molecule has 0 aliphatic rings. The van der Waals surface area contributed by atoms with Gasteiger partial charge in [-0.05, 0) is 0 Å². The molecule has 6 nitrogen and oxygen atoms in total. The van der Waals surface area contributed by atoms with Crippen molar-refractivity contribution in [3.8, 4) is 0 Å². The monoisotopic (exact) mass is 208 g/mol. The third kappa shape index (κ3) is 4.81. The summed E-state index contributed by atoms with van der Waals surface area (Å²) in [5.41, 5.74) is 5.10. The highest BCUT2D eigenvalue weighted by Gasteiger charge is 2.15. The molecule has 0 spiro atoms. The van der Waals surface area contributed by atoms with Crippen LogP contribution in [-0.4, -0.2) is 38.7 Å². The van der Waals surface area contributed by atoms with Gasteiger partial charge in [-0.3, -0.25) is 5.41 Å². The Balaban J connectivity index is 4.09. The lowest BCUT2D eigenvalue weighted by Gasteiger charge is -2.16. The van der Waals surface area contributed by atoms with E-state index in [4.69, 9.17) is 11.1 Å². The van der Waals surface area contributed by atoms with Crippen LogP contribution in [0.1, 0.15) is 13.3 Å². The van der Waals surface area contributed by atoms with E-state index in [2.05, 4.69) is 4.72 Å². The van der Waals surface area contributed by atoms with Crippen molar-refractivity contribution in [2.75, 3.05) is 20.1 Å². The van der Waals surface area contributed by atoms with E-state index in [-0.39, 0.29) is 18.8 Å². The molecule has 4 N–H and O–H groups in total. The quantitative estimate of drug-likeness (QED) is 0.389. The SMILES string of the molecule is CCNS(=O)(=O)N(C)CCC(=N)N. The van der Waals surface area contributed by atoms with Crippen molar-refractivity contribution in [3.63, 3.8) is 0 Å². The number of amidine groups is 1. The van der Waals surface area contributed by atoms with Crippen molar-refractivity contribution < 1.29 is 8.42 Å². The molecular formula is C6H16N4O2S. The van der Waals surface area contributed by atoms with Gasteiger partial charge < -0.3 is 5.73 Å². The third-order valence-electron chi connectivity index (χ3n) is 1.43. The molecule has 7 heteroatoms. The zero-order chi connectivity index (χ0) is 10.5. The molecule has 78 valence electrons. The molecule has 0 fully saturated rings. The molecule has 13 heavy (non-hydrogen) atoms. The summed E-state index contributed by atoms with van der Waals surface area (Å²) in [5.74, 6) is -0.0152. The normalized spacial score (nSPS) is 11.9. The second-order valence-electron chi connectivity index (χ2n) is 2.60. The lowest BCUT2D eigenvalue weighted by atomic mass is 10.4. The molecule has 0 bridgehead atoms. The minimum Gasteiger partial charge on any atom is -0.388 e. The Morgan fingerprint density at radius 2 is 2.15 bits per heavy atom. The van der Waals surface area contributed by atoms with Crippen molar-refractivity contribution >= 4 is 16.0 Å². The molecule has 0 unspecified atom stereocenters. The first-order chi connectivity index (χ1) is 5.90. The molecule has 0 aliphatic heterocycles. The number of nitrogens with one attached hydrogen (secondary N) is 2. The average molecular weight is 208 g/mol. The summed E-state index contributed by atoms with van der Waals surface area (Å²) in [6.45, 7) is 2.29. The van der Waals surface area contributed by atoms with E-state index in [1.165, 1.54) is 7.05 Å². The van der Waals surface area contributed by atoms with E-state index >= 15 is 0 Å². The van der Waals surface area contributed by atoms with Crippen molar-refractivity contribution in [1.82, 2.24) is 9.03 Å². The van der Waals surface area contributed by atoms with Crippen molar-refractivity contribution in [2.45, 2.75) is 13.3 Å². The van der Waals surface area contributed by atoms with Gasteiger partial charge in [-0.2, -0.15) is 12.7 Å². The average Bonchev–Trinajstić information content (AvgIpc) is 1.99. The fraction of sp³-hybridized carbons (Fsp3) is 0.833. The van der Waals surface area contributed by atoms with Crippen LogP contribution in [0.15, 0.2) is 0 Å². The standard InChI is InChI=1S/C6H16N4O2S/c1-3-9-13(11,12)10(2)5-4-6(7)8/h9H,3-5H2,1-2H3,(H3,7,8). The largest absolute Gasteiger partial charge is 0.388 e. The second kappa shape index (κ2) is 5.15. The Morgan fingerprint density at radius 1 is 1.62 bits per heavy atom. The number of hydrogen-bond donors (Lipinski definition) is 3. The first-order valence-corrected chi connectivity index (χ1v) is 5.38. The lowest BCUT2D eigenvalue weighted by Crippen LogP contribution is -2.39. The molecule has 0 saturated carbocycles. The maximum absolute atomic E-state index is 11.2. The van der Waals surface area contributed by atoms with Crippen LogP contribution in [0.3, 0.4) is 0 Å². The molecule has 0 aromatic rings. The highest BCUT2D eigenvalue weighted by Crippen LogP contribution is 1.94. The van der Waals surface area contributed by atoms with Gasteiger partial charge in [0, 0.05) is 26.6 Å². The van der Waals surface area contributed by atoms with Crippen LogP contribution in [-0.2, 0) is 10.2 Å². The number of nitrogens with zero attached hydrogens (tertiary/aromatic N) is 1. The van der Waals surface area contributed by atoms with Gasteiger partial charge in [0.2, 0.25) is 0 Å². The van der Waals surface area contributed by atoms with Gasteiger partial charge in [-0.1, -0.05) is 6.92 Å². The second-order valence-corrected chi connectivity index (χ2v) is 4.46. The highest BCUT2D eigenvalue weighted by molar-refractivity contribution is 7.87. The smallest absolute Gasteiger partial charge is 0.279 e. The summed E-state index contributed by atoms with van der Waals surface area (Å²) in [4.78, 5) is 0. The van der Waals surface area contributed by atoms with E-state index in [9.17, 15) is 8.42 Å². The van der Waals surface area contributed by atoms with Crippen LogP contribution in [0.5, 0.6) is 0 Å². The van der Waals surface area contributed by atoms with Crippen molar-refractivity contribution in [3.05, 3.63) is 0 Å². The molecule has 0 radical (unpaired) electrons. The van der Waals surface area contributed by atoms with Crippen molar-refractivity contribution in [1.29, 1.82) is 5.41 Å². The maximum Gasteiger partial charge on any atom is 0.279 e. The van der Waals surface area contributed by atoms with Crippen LogP contribution >= 0.6 is 0 Å². The summed E-state index contributed by atoms with van der Waals surface area (Å²) < 4.78 is 26.0. The molecule has 0 aromatic carbocycles. The van der Waals surface area contributed by atoms with Crippen LogP contribution in [0.2, 0.25) is 0 Å². The maximum atomic E-state index is 11.2. The summed E-state index contributed by atoms with van der Waals surface area (Å²) >= 11 is 0. The van der Waals surface area contributed by atoms with Gasteiger partial charge in [0.1, 0.15) is 0 Å². The molecule has 0 rings (SSSR count). The Hall–Kier alpha value is -0.660. The third-order valence-corrected chi connectivity index (χ3v) is 3.09. The number of rotatable bonds is 6. The molecule has 0 heterocycles. The predicted octanol–water partition coefficient (Wildman–Crippen LogP) is -0.901. The van der Waals surface area contributed by atoms with E-state index in [1.54, 1.807) is 6.92 Å². The van der Waals surface area contributed by atoms with E-state index < -0.39 is 10.2 Å². The van der Waals surface area contributed by atoms with E-state index in [0.717, 1.165) is 4.31 Å². The Kier molecular flexibility index (Phi) is 4.89. The van der Waals surface area contributed by atoms with Gasteiger partial charge in [-0.15, -0.1) is 0 Å². The highest BCUT2D eigenvalue weighted by atomic mass is 32.2. The molecule has 0 atom stereocenters. The molecule has 0 aliphatic carbocycles. The first kappa shape index (κ1) is 12.3. The fourth-order valence-corrected chi connectivity index (χ4v) is 1.61. The summed E-state index contributed by atoms with van der Waals surface area (Å²) in [5, 5.41) is 6.93. The molecule has 0 amide bonds. The van der Waals surface area contributed by atoms with Crippen LogP contribution in [0.4, 0.5) is 0 Å². The molecular weight excluding hydrogens is 192 g/mol. The Labute approximate surface area is 78.8 Å². The Bertz CT molecular complexity index is 262. The van der Waals surface area contributed by atoms with Crippen LogP contribution < -0.4 is 10.5 Å². The number of hydrogen-bond acceptors (Lipinski definition) is 3. The fourth-order valence-electron chi connectivity index (χ4n) is 0.691. The van der Waals surface area contributed by atoms with Gasteiger partial charge in [0.15, 0.2) is 0 Å². The molecule has 0 saturated heterocycles. The first-order valence-electron chi connectivity index (χ1n) is 3.94. The zero-order valence-corrected chi connectivity index (χ0v) is 8.69. The van der Waals surface area contributed by atoms with E-state index in [1.807, 2.05) is 0 Å². The summed E-state index contributed by atoms with van der Waals surface area (Å²) in [6.07, 6.45) is 0.251. The predicted molar refractivity (Wildman–Crippen MR) is 51.8 cm³/mol. The van der Waals surface area contributed by atoms with Gasteiger partial charge in [0.05, 0.1) is 5.84 Å². The van der Waals surface area contributed by atoms with Crippen molar-refractivity contribution in [2.24, 2.45) is 5.73 Å². The summed E-state index contributed by atoms with van der Waals surface area (Å²) in [6, 6.07) is 0. The van der Waals surface area contributed by atoms with Gasteiger partial charge >= 0.3 is 0 Å². The van der Waals surface area contributed by atoms with Gasteiger partial charge in [-0.25, -0.2) is 4.72 Å². The minimum atomic E-state index is -3.37. The molecule has 0 aromatic heterocycles. The lowest BCUT2D eigenvalue weighted by molar-refractivity contribution is 0.467. The number of nitrogens with two attached hydrogens (primary N) is 1. The minimum absolute atomic E-state index is 0.0152. The Morgan fingerprint density at radius 3 is 2.54 bits per heavy atom. The summed E-state index contributed by atoms with van der Waals surface area (Å²) in [7, 11) is -1.93.